The molecule has 0 aliphatic heterocycles. The van der Waals surface area contributed by atoms with E-state index in [0.29, 0.717) is 25.7 Å². The minimum absolute atomic E-state index is 0.205. The highest BCUT2D eigenvalue weighted by atomic mass is 32.2. The average Bonchev–Trinajstić information content (AvgIpc) is 3.32. The number of carboxylic acids is 1. The molecule has 1 amide bonds. The number of aryl methyl sites for hydroxylation is 1. The van der Waals surface area contributed by atoms with Gasteiger partial charge in [0.2, 0.25) is 15.9 Å². The van der Waals surface area contributed by atoms with Crippen molar-refractivity contribution in [3.63, 3.8) is 0 Å². The Morgan fingerprint density at radius 3 is 2.14 bits per heavy atom. The number of fused-ring (bicyclic) bond motifs is 1. The topological polar surface area (TPSA) is 118 Å². The van der Waals surface area contributed by atoms with Crippen LogP contribution >= 0.6 is 0 Å². The number of carbonyl (C=O) groups excluding carboxylic acids is 1. The summed E-state index contributed by atoms with van der Waals surface area (Å²) in [5.41, 5.74) is 2.52. The summed E-state index contributed by atoms with van der Waals surface area (Å²) in [6.07, 6.45) is 2.04. The van der Waals surface area contributed by atoms with Gasteiger partial charge in [0.05, 0.1) is 16.4 Å². The SMILES string of the molecule is Cn1c(-c2ccccc2)cc2cc(S(=O)(=O)N[C@H]3CC[C@H](C(=O)N[C@@H](c4ccccc4)C(C)(C)C(=O)O)CC3)ccc21. The molecule has 220 valence electrons. The number of nitrogens with one attached hydrogen (secondary N) is 2. The van der Waals surface area contributed by atoms with Gasteiger partial charge < -0.3 is 15.0 Å². The third-order valence-electron chi connectivity index (χ3n) is 8.51. The second-order valence-corrected chi connectivity index (χ2v) is 13.4. The number of hydrogen-bond donors (Lipinski definition) is 3. The molecule has 8 nitrogen and oxygen atoms in total. The van der Waals surface area contributed by atoms with Crippen LogP contribution in [0.4, 0.5) is 0 Å². The number of aliphatic carboxylic acids is 1. The first-order valence-corrected chi connectivity index (χ1v) is 15.7. The number of nitrogens with zero attached hydrogens (tertiary/aromatic N) is 1. The van der Waals surface area contributed by atoms with Crippen molar-refractivity contribution in [3.05, 3.63) is 90.5 Å². The Morgan fingerprint density at radius 2 is 1.52 bits per heavy atom. The highest BCUT2D eigenvalue weighted by molar-refractivity contribution is 7.89. The van der Waals surface area contributed by atoms with Gasteiger partial charge in [-0.25, -0.2) is 13.1 Å². The zero-order valence-corrected chi connectivity index (χ0v) is 24.9. The van der Waals surface area contributed by atoms with Crippen molar-refractivity contribution in [1.82, 2.24) is 14.6 Å². The summed E-state index contributed by atoms with van der Waals surface area (Å²) in [6, 6.07) is 25.3. The van der Waals surface area contributed by atoms with Crippen LogP contribution < -0.4 is 10.0 Å². The highest BCUT2D eigenvalue weighted by Crippen LogP contribution is 2.35. The third kappa shape index (κ3) is 5.98. The number of rotatable bonds is 9. The van der Waals surface area contributed by atoms with Crippen LogP contribution in [0.1, 0.15) is 51.1 Å². The number of carbonyl (C=O) groups is 2. The van der Waals surface area contributed by atoms with Crippen molar-refractivity contribution in [1.29, 1.82) is 0 Å². The predicted octanol–water partition coefficient (Wildman–Crippen LogP) is 5.65. The van der Waals surface area contributed by atoms with E-state index in [0.717, 1.165) is 27.7 Å². The van der Waals surface area contributed by atoms with E-state index in [-0.39, 0.29) is 22.8 Å². The van der Waals surface area contributed by atoms with Crippen LogP contribution in [0.15, 0.2) is 89.8 Å². The monoisotopic (exact) mass is 587 g/mol. The van der Waals surface area contributed by atoms with Crippen LogP contribution in [0.25, 0.3) is 22.2 Å². The Kier molecular flexibility index (Phi) is 8.25. The fourth-order valence-electron chi connectivity index (χ4n) is 5.85. The van der Waals surface area contributed by atoms with Gasteiger partial charge in [0.15, 0.2) is 0 Å². The highest BCUT2D eigenvalue weighted by Gasteiger charge is 2.40. The lowest BCUT2D eigenvalue weighted by atomic mass is 9.79. The van der Waals surface area contributed by atoms with E-state index in [1.807, 2.05) is 79.8 Å². The molecule has 9 heteroatoms. The van der Waals surface area contributed by atoms with E-state index < -0.39 is 27.4 Å². The molecular weight excluding hydrogens is 550 g/mol. The maximum atomic E-state index is 13.3. The summed E-state index contributed by atoms with van der Waals surface area (Å²) in [7, 11) is -1.80. The molecule has 42 heavy (non-hydrogen) atoms. The van der Waals surface area contributed by atoms with Crippen LogP contribution in [0.3, 0.4) is 0 Å². The van der Waals surface area contributed by atoms with Gasteiger partial charge >= 0.3 is 5.97 Å². The standard InChI is InChI=1S/C33H37N3O5S/c1-33(2,32(38)39)30(23-12-8-5-9-13-23)34-31(37)24-14-16-26(17-15-24)35-42(40,41)27-18-19-28-25(20-27)21-29(36(28)3)22-10-6-4-7-11-22/h4-13,18-21,24,26,30,35H,14-17H2,1-3H3,(H,34,37)(H,38,39)/t24-,26-,30-/m0/s1. The molecule has 0 bridgehead atoms. The lowest BCUT2D eigenvalue weighted by Gasteiger charge is -2.34. The number of carboxylic acid groups (broad SMARTS) is 1. The number of hydrogen-bond acceptors (Lipinski definition) is 4. The van der Waals surface area contributed by atoms with E-state index in [9.17, 15) is 23.1 Å². The van der Waals surface area contributed by atoms with Gasteiger partial charge in [-0.05, 0) is 74.9 Å². The van der Waals surface area contributed by atoms with Gasteiger partial charge in [0, 0.05) is 35.6 Å². The van der Waals surface area contributed by atoms with Gasteiger partial charge in [-0.1, -0.05) is 60.7 Å². The zero-order valence-electron chi connectivity index (χ0n) is 24.1. The van der Waals surface area contributed by atoms with Crippen molar-refractivity contribution < 1.29 is 23.1 Å². The quantitative estimate of drug-likeness (QED) is 0.234. The number of amides is 1. The fraction of sp³-hybridized carbons (Fsp3) is 0.333. The molecule has 3 N–H and O–H groups in total. The number of benzene rings is 3. The van der Waals surface area contributed by atoms with Gasteiger partial charge in [-0.15, -0.1) is 0 Å². The molecule has 0 radical (unpaired) electrons. The van der Waals surface area contributed by atoms with Crippen LogP contribution in [0.2, 0.25) is 0 Å². The molecule has 4 aromatic rings. The summed E-state index contributed by atoms with van der Waals surface area (Å²) in [5, 5.41) is 13.7. The lowest BCUT2D eigenvalue weighted by molar-refractivity contribution is -0.149. The first-order valence-electron chi connectivity index (χ1n) is 14.2. The van der Waals surface area contributed by atoms with E-state index in [1.165, 1.54) is 0 Å². The van der Waals surface area contributed by atoms with Crippen molar-refractivity contribution in [2.24, 2.45) is 18.4 Å². The molecule has 0 saturated heterocycles. The summed E-state index contributed by atoms with van der Waals surface area (Å²) >= 11 is 0. The molecule has 1 atom stereocenters. The lowest BCUT2D eigenvalue weighted by Crippen LogP contribution is -2.46. The number of sulfonamides is 1. The maximum Gasteiger partial charge on any atom is 0.311 e. The van der Waals surface area contributed by atoms with E-state index in [2.05, 4.69) is 14.6 Å². The molecule has 1 fully saturated rings. The van der Waals surface area contributed by atoms with Crippen LogP contribution in [0, 0.1) is 11.3 Å². The molecular formula is C33H37N3O5S. The first-order chi connectivity index (χ1) is 20.0. The normalized spacial score (nSPS) is 18.5. The van der Waals surface area contributed by atoms with Gasteiger partial charge in [-0.2, -0.15) is 0 Å². The second-order valence-electron chi connectivity index (χ2n) is 11.7. The summed E-state index contributed by atoms with van der Waals surface area (Å²) in [6.45, 7) is 3.21. The van der Waals surface area contributed by atoms with Crippen molar-refractivity contribution in [3.8, 4) is 11.3 Å². The first kappa shape index (κ1) is 29.5. The Bertz CT molecular complexity index is 1690. The Labute approximate surface area is 246 Å². The van der Waals surface area contributed by atoms with Crippen molar-refractivity contribution >= 4 is 32.8 Å². The number of aromatic nitrogens is 1. The molecule has 0 unspecified atom stereocenters. The maximum absolute atomic E-state index is 13.3. The van der Waals surface area contributed by atoms with Gasteiger partial charge in [0.25, 0.3) is 0 Å². The Morgan fingerprint density at radius 1 is 0.905 bits per heavy atom. The predicted molar refractivity (Wildman–Crippen MR) is 163 cm³/mol. The molecule has 1 saturated carbocycles. The smallest absolute Gasteiger partial charge is 0.311 e. The largest absolute Gasteiger partial charge is 0.481 e. The minimum Gasteiger partial charge on any atom is -0.481 e. The fourth-order valence-corrected chi connectivity index (χ4v) is 7.19. The second kappa shape index (κ2) is 11.7. The minimum atomic E-state index is -3.77. The van der Waals surface area contributed by atoms with Crippen LogP contribution in [-0.2, 0) is 26.7 Å². The molecule has 3 aromatic carbocycles. The van der Waals surface area contributed by atoms with Crippen molar-refractivity contribution in [2.45, 2.75) is 56.5 Å². The molecule has 1 aliphatic carbocycles. The molecule has 0 spiro atoms. The van der Waals surface area contributed by atoms with Crippen molar-refractivity contribution in [2.75, 3.05) is 0 Å². The van der Waals surface area contributed by atoms with Crippen LogP contribution in [0.5, 0.6) is 0 Å². The summed E-state index contributed by atoms with van der Waals surface area (Å²) < 4.78 is 31.6. The molecule has 5 rings (SSSR count). The summed E-state index contributed by atoms with van der Waals surface area (Å²) in [5.74, 6) is -1.53. The van der Waals surface area contributed by atoms with E-state index >= 15 is 0 Å². The molecule has 1 aliphatic rings. The van der Waals surface area contributed by atoms with E-state index in [4.69, 9.17) is 0 Å². The molecule has 1 heterocycles. The summed E-state index contributed by atoms with van der Waals surface area (Å²) in [4.78, 5) is 25.5. The molecule has 1 aromatic heterocycles. The average molecular weight is 588 g/mol. The Balaban J connectivity index is 1.24. The van der Waals surface area contributed by atoms with Gasteiger partial charge in [-0.3, -0.25) is 9.59 Å². The van der Waals surface area contributed by atoms with Gasteiger partial charge in [0.1, 0.15) is 0 Å². The Hall–Kier alpha value is -3.95. The zero-order chi connectivity index (χ0) is 30.1. The third-order valence-corrected chi connectivity index (χ3v) is 10.0. The van der Waals surface area contributed by atoms with Crippen LogP contribution in [-0.4, -0.2) is 36.0 Å². The van der Waals surface area contributed by atoms with E-state index in [1.54, 1.807) is 26.0 Å².